The molecule has 0 bridgehead atoms. The normalized spacial score (nSPS) is 12.5. The van der Waals surface area contributed by atoms with Gasteiger partial charge in [0, 0.05) is 17.2 Å². The standard InChI is InChI=1S/C15H12N2O5/c18-11-3-1-10(12(19)6-11)7-16-17-15(20)9-2-4-13-14(5-9)22-8-21-13/h1-7,18-19H,8H2,(H,17,20)/b16-7+. The summed E-state index contributed by atoms with van der Waals surface area (Å²) in [6.07, 6.45) is 1.28. The lowest BCUT2D eigenvalue weighted by atomic mass is 10.2. The van der Waals surface area contributed by atoms with Gasteiger partial charge in [0.25, 0.3) is 5.91 Å². The van der Waals surface area contributed by atoms with Crippen LogP contribution < -0.4 is 14.9 Å². The second-order valence-corrected chi connectivity index (χ2v) is 4.51. The molecule has 1 aliphatic rings. The fourth-order valence-electron chi connectivity index (χ4n) is 1.90. The maximum Gasteiger partial charge on any atom is 0.271 e. The predicted octanol–water partition coefficient (Wildman–Crippen LogP) is 1.59. The SMILES string of the molecule is O=C(N/N=C/c1ccc(O)cc1O)c1ccc2c(c1)OCO2. The minimum absolute atomic E-state index is 0.0564. The molecule has 0 saturated heterocycles. The molecule has 0 unspecified atom stereocenters. The van der Waals surface area contributed by atoms with Gasteiger partial charge in [0.2, 0.25) is 6.79 Å². The highest BCUT2D eigenvalue weighted by Crippen LogP contribution is 2.32. The Hall–Kier alpha value is -3.22. The minimum atomic E-state index is -0.423. The van der Waals surface area contributed by atoms with Crippen molar-refractivity contribution >= 4 is 12.1 Å². The largest absolute Gasteiger partial charge is 0.508 e. The number of nitrogens with one attached hydrogen (secondary N) is 1. The van der Waals surface area contributed by atoms with Crippen molar-refractivity contribution in [3.63, 3.8) is 0 Å². The first kappa shape index (κ1) is 13.7. The lowest BCUT2D eigenvalue weighted by molar-refractivity contribution is 0.0954. The Morgan fingerprint density at radius 2 is 1.95 bits per heavy atom. The Kier molecular flexibility index (Phi) is 3.53. The Balaban J connectivity index is 1.68. The van der Waals surface area contributed by atoms with Crippen molar-refractivity contribution in [2.24, 2.45) is 5.10 Å². The third-order valence-corrected chi connectivity index (χ3v) is 3.02. The number of aromatic hydroxyl groups is 2. The minimum Gasteiger partial charge on any atom is -0.508 e. The molecule has 22 heavy (non-hydrogen) atoms. The zero-order valence-corrected chi connectivity index (χ0v) is 11.3. The van der Waals surface area contributed by atoms with Crippen molar-refractivity contribution in [3.8, 4) is 23.0 Å². The molecule has 0 spiro atoms. The molecule has 7 heteroatoms. The summed E-state index contributed by atoms with van der Waals surface area (Å²) in [6, 6.07) is 8.86. The zero-order chi connectivity index (χ0) is 15.5. The number of rotatable bonds is 3. The van der Waals surface area contributed by atoms with E-state index in [1.165, 1.54) is 24.4 Å². The zero-order valence-electron chi connectivity index (χ0n) is 11.3. The maximum absolute atomic E-state index is 12.0. The molecule has 0 aromatic heterocycles. The fraction of sp³-hybridized carbons (Fsp3) is 0.0667. The topological polar surface area (TPSA) is 100 Å². The number of hydrogen-bond acceptors (Lipinski definition) is 6. The lowest BCUT2D eigenvalue weighted by Crippen LogP contribution is -2.17. The summed E-state index contributed by atoms with van der Waals surface area (Å²) in [5.74, 6) is 0.481. The number of phenols is 2. The van der Waals surface area contributed by atoms with Gasteiger partial charge >= 0.3 is 0 Å². The van der Waals surface area contributed by atoms with E-state index < -0.39 is 5.91 Å². The number of hydrogen-bond donors (Lipinski definition) is 3. The Morgan fingerprint density at radius 1 is 1.14 bits per heavy atom. The average Bonchev–Trinajstić information content (AvgIpc) is 2.96. The molecule has 1 heterocycles. The van der Waals surface area contributed by atoms with E-state index >= 15 is 0 Å². The first-order chi connectivity index (χ1) is 10.6. The number of carbonyl (C=O) groups excluding carboxylic acids is 1. The predicted molar refractivity (Wildman–Crippen MR) is 77.4 cm³/mol. The summed E-state index contributed by atoms with van der Waals surface area (Å²) in [6.45, 7) is 0.138. The molecule has 2 aromatic carbocycles. The van der Waals surface area contributed by atoms with Crippen molar-refractivity contribution in [1.29, 1.82) is 0 Å². The van der Waals surface area contributed by atoms with Gasteiger partial charge in [-0.25, -0.2) is 5.43 Å². The van der Waals surface area contributed by atoms with Crippen LogP contribution >= 0.6 is 0 Å². The van der Waals surface area contributed by atoms with Gasteiger partial charge in [-0.2, -0.15) is 5.10 Å². The summed E-state index contributed by atoms with van der Waals surface area (Å²) < 4.78 is 10.4. The Morgan fingerprint density at radius 3 is 2.77 bits per heavy atom. The number of amides is 1. The molecule has 0 fully saturated rings. The van der Waals surface area contributed by atoms with Crippen molar-refractivity contribution in [2.45, 2.75) is 0 Å². The summed E-state index contributed by atoms with van der Waals surface area (Å²) >= 11 is 0. The van der Waals surface area contributed by atoms with E-state index in [0.29, 0.717) is 22.6 Å². The second-order valence-electron chi connectivity index (χ2n) is 4.51. The first-order valence-electron chi connectivity index (χ1n) is 6.38. The highest BCUT2D eigenvalue weighted by Gasteiger charge is 2.15. The number of fused-ring (bicyclic) bond motifs is 1. The van der Waals surface area contributed by atoms with E-state index in [-0.39, 0.29) is 18.3 Å². The van der Waals surface area contributed by atoms with Gasteiger partial charge in [-0.1, -0.05) is 0 Å². The van der Waals surface area contributed by atoms with Crippen LogP contribution in [0.1, 0.15) is 15.9 Å². The number of phenolic OH excluding ortho intramolecular Hbond substituents is 2. The van der Waals surface area contributed by atoms with Crippen LogP contribution in [0.4, 0.5) is 0 Å². The molecule has 0 radical (unpaired) electrons. The molecular weight excluding hydrogens is 288 g/mol. The monoisotopic (exact) mass is 300 g/mol. The van der Waals surface area contributed by atoms with E-state index in [1.54, 1.807) is 18.2 Å². The second kappa shape index (κ2) is 5.65. The highest BCUT2D eigenvalue weighted by atomic mass is 16.7. The molecule has 3 rings (SSSR count). The van der Waals surface area contributed by atoms with Crippen molar-refractivity contribution in [3.05, 3.63) is 47.5 Å². The van der Waals surface area contributed by atoms with Gasteiger partial charge in [-0.3, -0.25) is 4.79 Å². The van der Waals surface area contributed by atoms with Gasteiger partial charge < -0.3 is 19.7 Å². The van der Waals surface area contributed by atoms with E-state index in [1.807, 2.05) is 0 Å². The van der Waals surface area contributed by atoms with Crippen molar-refractivity contribution in [1.82, 2.24) is 5.43 Å². The van der Waals surface area contributed by atoms with Crippen LogP contribution in [0.3, 0.4) is 0 Å². The van der Waals surface area contributed by atoms with E-state index in [9.17, 15) is 15.0 Å². The van der Waals surface area contributed by atoms with Gasteiger partial charge in [0.15, 0.2) is 11.5 Å². The van der Waals surface area contributed by atoms with Crippen molar-refractivity contribution < 1.29 is 24.5 Å². The molecule has 3 N–H and O–H groups in total. The summed E-state index contributed by atoms with van der Waals surface area (Å²) in [7, 11) is 0. The van der Waals surface area contributed by atoms with E-state index in [0.717, 1.165) is 0 Å². The lowest BCUT2D eigenvalue weighted by Gasteiger charge is -2.02. The molecule has 2 aromatic rings. The smallest absolute Gasteiger partial charge is 0.271 e. The third-order valence-electron chi connectivity index (χ3n) is 3.02. The summed E-state index contributed by atoms with van der Waals surface area (Å²) in [5.41, 5.74) is 3.08. The molecule has 1 aliphatic heterocycles. The maximum atomic E-state index is 12.0. The molecule has 0 aliphatic carbocycles. The molecule has 0 saturated carbocycles. The van der Waals surface area contributed by atoms with Crippen LogP contribution in [-0.2, 0) is 0 Å². The molecule has 1 amide bonds. The number of ether oxygens (including phenoxy) is 2. The van der Waals surface area contributed by atoms with Crippen molar-refractivity contribution in [2.75, 3.05) is 6.79 Å². The number of carbonyl (C=O) groups is 1. The van der Waals surface area contributed by atoms with Crippen LogP contribution in [0.2, 0.25) is 0 Å². The van der Waals surface area contributed by atoms with Crippen LogP contribution in [0.25, 0.3) is 0 Å². The van der Waals surface area contributed by atoms with Gasteiger partial charge in [-0.15, -0.1) is 0 Å². The van der Waals surface area contributed by atoms with Crippen LogP contribution in [0.15, 0.2) is 41.5 Å². The molecule has 7 nitrogen and oxygen atoms in total. The van der Waals surface area contributed by atoms with Crippen LogP contribution in [-0.4, -0.2) is 29.1 Å². The van der Waals surface area contributed by atoms with E-state index in [4.69, 9.17) is 9.47 Å². The number of nitrogens with zero attached hydrogens (tertiary/aromatic N) is 1. The third kappa shape index (κ3) is 2.78. The molecular formula is C15H12N2O5. The summed E-state index contributed by atoms with van der Waals surface area (Å²) in [4.78, 5) is 12.0. The number of benzene rings is 2. The Labute approximate surface area is 125 Å². The van der Waals surface area contributed by atoms with Crippen LogP contribution in [0.5, 0.6) is 23.0 Å². The van der Waals surface area contributed by atoms with Gasteiger partial charge in [0.1, 0.15) is 11.5 Å². The Bertz CT molecular complexity index is 758. The fourth-order valence-corrected chi connectivity index (χ4v) is 1.90. The van der Waals surface area contributed by atoms with Gasteiger partial charge in [0.05, 0.1) is 6.21 Å². The highest BCUT2D eigenvalue weighted by molar-refractivity contribution is 5.95. The average molecular weight is 300 g/mol. The first-order valence-corrected chi connectivity index (χ1v) is 6.38. The number of hydrazone groups is 1. The summed E-state index contributed by atoms with van der Waals surface area (Å²) in [5, 5.41) is 22.5. The van der Waals surface area contributed by atoms with Gasteiger partial charge in [-0.05, 0) is 30.3 Å². The quantitative estimate of drug-likeness (QED) is 0.590. The van der Waals surface area contributed by atoms with E-state index in [2.05, 4.69) is 10.5 Å². The van der Waals surface area contributed by atoms with Crippen LogP contribution in [0, 0.1) is 0 Å². The molecule has 0 atom stereocenters. The molecule has 112 valence electrons.